The summed E-state index contributed by atoms with van der Waals surface area (Å²) < 4.78 is 13.0. The quantitative estimate of drug-likeness (QED) is 0.869. The molecule has 1 fully saturated rings. The highest BCUT2D eigenvalue weighted by Crippen LogP contribution is 2.15. The Morgan fingerprint density at radius 1 is 1.58 bits per heavy atom. The Morgan fingerprint density at radius 3 is 3.05 bits per heavy atom. The van der Waals surface area contributed by atoms with Gasteiger partial charge in [-0.3, -0.25) is 9.69 Å². The Bertz CT molecular complexity index is 452. The normalized spacial score (nSPS) is 24.2. The molecular weight excluding hydrogens is 245 g/mol. The van der Waals surface area contributed by atoms with E-state index in [0.717, 1.165) is 19.5 Å². The van der Waals surface area contributed by atoms with E-state index in [1.807, 2.05) is 0 Å². The molecule has 1 aromatic carbocycles. The van der Waals surface area contributed by atoms with Crippen LogP contribution in [0.25, 0.3) is 0 Å². The number of nitrogens with two attached hydrogens (primary N) is 1. The molecule has 0 saturated carbocycles. The van der Waals surface area contributed by atoms with Crippen LogP contribution >= 0.6 is 0 Å². The van der Waals surface area contributed by atoms with Gasteiger partial charge in [0.25, 0.3) is 0 Å². The second-order valence-electron chi connectivity index (χ2n) is 5.22. The zero-order chi connectivity index (χ0) is 13.8. The van der Waals surface area contributed by atoms with Crippen molar-refractivity contribution in [2.45, 2.75) is 19.4 Å². The number of benzene rings is 1. The molecule has 2 rings (SSSR count). The highest BCUT2D eigenvalue weighted by atomic mass is 19.1. The van der Waals surface area contributed by atoms with Gasteiger partial charge in [-0.2, -0.15) is 0 Å². The SMILES string of the molecule is CC1CN(CC(=O)Nc2cccc(F)c2)CCC1N. The van der Waals surface area contributed by atoms with Gasteiger partial charge in [0.1, 0.15) is 5.82 Å². The first kappa shape index (κ1) is 14.0. The predicted octanol–water partition coefficient (Wildman–Crippen LogP) is 1.43. The summed E-state index contributed by atoms with van der Waals surface area (Å²) in [6.45, 7) is 4.09. The molecule has 0 spiro atoms. The van der Waals surface area contributed by atoms with Gasteiger partial charge in [0.05, 0.1) is 6.54 Å². The van der Waals surface area contributed by atoms with Gasteiger partial charge in [-0.25, -0.2) is 4.39 Å². The van der Waals surface area contributed by atoms with Gasteiger partial charge in [-0.15, -0.1) is 0 Å². The number of carbonyl (C=O) groups is 1. The molecule has 0 aliphatic carbocycles. The summed E-state index contributed by atoms with van der Waals surface area (Å²) in [6, 6.07) is 6.14. The van der Waals surface area contributed by atoms with Crippen LogP contribution in [0.1, 0.15) is 13.3 Å². The summed E-state index contributed by atoms with van der Waals surface area (Å²) in [6.07, 6.45) is 0.911. The van der Waals surface area contributed by atoms with E-state index in [-0.39, 0.29) is 17.8 Å². The number of carbonyl (C=O) groups excluding carboxylic acids is 1. The Morgan fingerprint density at radius 2 is 2.37 bits per heavy atom. The van der Waals surface area contributed by atoms with E-state index in [0.29, 0.717) is 18.2 Å². The van der Waals surface area contributed by atoms with Gasteiger partial charge in [0.2, 0.25) is 5.91 Å². The number of nitrogens with zero attached hydrogens (tertiary/aromatic N) is 1. The Balaban J connectivity index is 1.85. The maximum Gasteiger partial charge on any atom is 0.238 e. The van der Waals surface area contributed by atoms with E-state index >= 15 is 0 Å². The Hall–Kier alpha value is -1.46. The number of anilines is 1. The molecule has 1 aliphatic heterocycles. The minimum absolute atomic E-state index is 0.117. The monoisotopic (exact) mass is 265 g/mol. The minimum atomic E-state index is -0.352. The number of piperidine rings is 1. The smallest absolute Gasteiger partial charge is 0.238 e. The number of hydrogen-bond donors (Lipinski definition) is 2. The molecule has 1 heterocycles. The van der Waals surface area contributed by atoms with Crippen LogP contribution in [0.4, 0.5) is 10.1 Å². The summed E-state index contributed by atoms with van der Waals surface area (Å²) in [5.74, 6) is -0.0700. The van der Waals surface area contributed by atoms with Gasteiger partial charge in [0.15, 0.2) is 0 Å². The maximum absolute atomic E-state index is 13.0. The van der Waals surface area contributed by atoms with Gasteiger partial charge in [-0.05, 0) is 30.5 Å². The molecule has 2 atom stereocenters. The number of amides is 1. The second-order valence-corrected chi connectivity index (χ2v) is 5.22. The fraction of sp³-hybridized carbons (Fsp3) is 0.500. The summed E-state index contributed by atoms with van der Waals surface area (Å²) in [5.41, 5.74) is 6.43. The number of hydrogen-bond acceptors (Lipinski definition) is 3. The third-order valence-electron chi connectivity index (χ3n) is 3.53. The number of likely N-dealkylation sites (tertiary alicyclic amines) is 1. The fourth-order valence-electron chi connectivity index (χ4n) is 2.36. The molecule has 5 heteroatoms. The average Bonchev–Trinajstić information content (AvgIpc) is 2.34. The summed E-state index contributed by atoms with van der Waals surface area (Å²) in [7, 11) is 0. The summed E-state index contributed by atoms with van der Waals surface area (Å²) >= 11 is 0. The first-order valence-electron chi connectivity index (χ1n) is 6.58. The minimum Gasteiger partial charge on any atom is -0.327 e. The Kier molecular flexibility index (Phi) is 4.50. The standard InChI is InChI=1S/C14H20FN3O/c1-10-8-18(6-5-13(10)16)9-14(19)17-12-4-2-3-11(15)7-12/h2-4,7,10,13H,5-6,8-9,16H2,1H3,(H,17,19). The van der Waals surface area contributed by atoms with Gasteiger partial charge >= 0.3 is 0 Å². The molecular formula is C14H20FN3O. The van der Waals surface area contributed by atoms with E-state index in [4.69, 9.17) is 5.73 Å². The second kappa shape index (κ2) is 6.12. The molecule has 1 saturated heterocycles. The van der Waals surface area contributed by atoms with Crippen molar-refractivity contribution < 1.29 is 9.18 Å². The van der Waals surface area contributed by atoms with Crippen LogP contribution in [-0.2, 0) is 4.79 Å². The van der Waals surface area contributed by atoms with Crippen molar-refractivity contribution in [3.8, 4) is 0 Å². The molecule has 0 bridgehead atoms. The molecule has 4 nitrogen and oxygen atoms in total. The topological polar surface area (TPSA) is 58.4 Å². The van der Waals surface area contributed by atoms with Crippen LogP contribution < -0.4 is 11.1 Å². The van der Waals surface area contributed by atoms with Crippen molar-refractivity contribution in [1.29, 1.82) is 0 Å². The van der Waals surface area contributed by atoms with Crippen molar-refractivity contribution in [2.24, 2.45) is 11.7 Å². The molecule has 1 amide bonds. The lowest BCUT2D eigenvalue weighted by Crippen LogP contribution is -2.48. The molecule has 1 aliphatic rings. The van der Waals surface area contributed by atoms with Crippen molar-refractivity contribution >= 4 is 11.6 Å². The Labute approximate surface area is 112 Å². The van der Waals surface area contributed by atoms with Crippen molar-refractivity contribution in [1.82, 2.24) is 4.90 Å². The van der Waals surface area contributed by atoms with Gasteiger partial charge < -0.3 is 11.1 Å². The molecule has 3 N–H and O–H groups in total. The highest BCUT2D eigenvalue weighted by Gasteiger charge is 2.24. The van der Waals surface area contributed by atoms with E-state index in [2.05, 4.69) is 17.1 Å². The van der Waals surface area contributed by atoms with Crippen molar-refractivity contribution in [2.75, 3.05) is 25.0 Å². The molecule has 0 radical (unpaired) electrons. The number of nitrogens with one attached hydrogen (secondary N) is 1. The van der Waals surface area contributed by atoms with Crippen LogP contribution in [-0.4, -0.2) is 36.5 Å². The summed E-state index contributed by atoms with van der Waals surface area (Å²) in [5, 5.41) is 2.70. The van der Waals surface area contributed by atoms with Crippen LogP contribution in [0.15, 0.2) is 24.3 Å². The number of rotatable bonds is 3. The van der Waals surface area contributed by atoms with E-state index in [9.17, 15) is 9.18 Å². The average molecular weight is 265 g/mol. The zero-order valence-corrected chi connectivity index (χ0v) is 11.1. The molecule has 19 heavy (non-hydrogen) atoms. The van der Waals surface area contributed by atoms with E-state index in [1.54, 1.807) is 12.1 Å². The first-order valence-corrected chi connectivity index (χ1v) is 6.58. The first-order chi connectivity index (χ1) is 9.04. The molecule has 104 valence electrons. The maximum atomic E-state index is 13.0. The third kappa shape index (κ3) is 4.01. The lowest BCUT2D eigenvalue weighted by Gasteiger charge is -2.34. The molecule has 2 unspecified atom stereocenters. The van der Waals surface area contributed by atoms with E-state index < -0.39 is 0 Å². The van der Waals surface area contributed by atoms with Gasteiger partial charge in [0, 0.05) is 24.8 Å². The lowest BCUT2D eigenvalue weighted by atomic mass is 9.95. The third-order valence-corrected chi connectivity index (χ3v) is 3.53. The molecule has 0 aromatic heterocycles. The zero-order valence-electron chi connectivity index (χ0n) is 11.1. The van der Waals surface area contributed by atoms with E-state index in [1.165, 1.54) is 12.1 Å². The van der Waals surface area contributed by atoms with Crippen molar-refractivity contribution in [3.63, 3.8) is 0 Å². The lowest BCUT2D eigenvalue weighted by molar-refractivity contribution is -0.117. The molecule has 1 aromatic rings. The largest absolute Gasteiger partial charge is 0.327 e. The van der Waals surface area contributed by atoms with Crippen LogP contribution in [0.5, 0.6) is 0 Å². The number of halogens is 1. The van der Waals surface area contributed by atoms with Crippen molar-refractivity contribution in [3.05, 3.63) is 30.1 Å². The van der Waals surface area contributed by atoms with Crippen LogP contribution in [0.3, 0.4) is 0 Å². The van der Waals surface area contributed by atoms with Crippen LogP contribution in [0.2, 0.25) is 0 Å². The van der Waals surface area contributed by atoms with Gasteiger partial charge in [-0.1, -0.05) is 13.0 Å². The fourth-order valence-corrected chi connectivity index (χ4v) is 2.36. The summed E-state index contributed by atoms with van der Waals surface area (Å²) in [4.78, 5) is 14.0. The highest BCUT2D eigenvalue weighted by molar-refractivity contribution is 5.92. The van der Waals surface area contributed by atoms with Crippen LogP contribution in [0, 0.1) is 11.7 Å². The predicted molar refractivity (Wildman–Crippen MR) is 73.2 cm³/mol.